The molecule has 0 amide bonds. The summed E-state index contributed by atoms with van der Waals surface area (Å²) in [5.41, 5.74) is 21.8. The van der Waals surface area contributed by atoms with Crippen LogP contribution in [-0.4, -0.2) is 13.7 Å². The van der Waals surface area contributed by atoms with Crippen LogP contribution in [0.15, 0.2) is 227 Å². The van der Waals surface area contributed by atoms with E-state index in [-0.39, 0.29) is 0 Å². The van der Waals surface area contributed by atoms with Crippen LogP contribution in [0.2, 0.25) is 0 Å². The topological polar surface area (TPSA) is 41.1 Å². The average Bonchev–Trinajstić information content (AvgIpc) is 4.34. The van der Waals surface area contributed by atoms with Gasteiger partial charge in [-0.15, -0.1) is 0 Å². The number of benzene rings is 12. The first-order chi connectivity index (χ1) is 38.6. The maximum absolute atomic E-state index is 7.23. The van der Waals surface area contributed by atoms with Crippen molar-refractivity contribution in [2.45, 2.75) is 6.42 Å². The van der Waals surface area contributed by atoms with Crippen LogP contribution in [0.3, 0.4) is 0 Å². The zero-order valence-corrected chi connectivity index (χ0v) is 41.9. The van der Waals surface area contributed by atoms with E-state index in [4.69, 9.17) is 15.8 Å². The lowest BCUT2D eigenvalue weighted by molar-refractivity contribution is 0.652. The van der Waals surface area contributed by atoms with Crippen molar-refractivity contribution in [3.05, 3.63) is 254 Å². The molecule has 0 spiro atoms. The first kappa shape index (κ1) is 41.2. The summed E-state index contributed by atoms with van der Waals surface area (Å²) in [5.74, 6) is 0. The highest BCUT2D eigenvalue weighted by Crippen LogP contribution is 2.51. The molecule has 0 fully saturated rings. The Bertz CT molecular complexity index is 5600. The third-order valence-corrected chi connectivity index (χ3v) is 17.5. The first-order valence-corrected chi connectivity index (χ1v) is 26.9. The molecule has 360 valence electrons. The van der Waals surface area contributed by atoms with Gasteiger partial charge < -0.3 is 22.5 Å². The van der Waals surface area contributed by atoms with E-state index >= 15 is 0 Å². The van der Waals surface area contributed by atoms with Crippen molar-refractivity contribution in [2.75, 3.05) is 0 Å². The van der Waals surface area contributed by atoms with Crippen LogP contribution in [0.5, 0.6) is 0 Å². The number of fused-ring (bicyclic) bond motifs is 22. The third kappa shape index (κ3) is 5.30. The minimum absolute atomic E-state index is 0.774. The van der Waals surface area contributed by atoms with Crippen molar-refractivity contribution in [2.24, 2.45) is 0 Å². The molecular formula is C73H41N3O2. The molecule has 5 nitrogen and oxygen atoms in total. The van der Waals surface area contributed by atoms with Crippen molar-refractivity contribution in [1.29, 1.82) is 0 Å². The second kappa shape index (κ2) is 14.6. The van der Waals surface area contributed by atoms with Crippen LogP contribution in [0, 0.1) is 13.3 Å². The predicted octanol–water partition coefficient (Wildman–Crippen LogP) is 19.6. The summed E-state index contributed by atoms with van der Waals surface area (Å²) in [5, 5.41) is 16.6. The predicted molar refractivity (Wildman–Crippen MR) is 324 cm³/mol. The molecule has 0 saturated heterocycles. The van der Waals surface area contributed by atoms with E-state index in [0.29, 0.717) is 0 Å². The molecule has 17 aromatic rings. The summed E-state index contributed by atoms with van der Waals surface area (Å²) in [6.07, 6.45) is 5.71. The van der Waals surface area contributed by atoms with Gasteiger partial charge in [0.25, 0.3) is 0 Å². The lowest BCUT2D eigenvalue weighted by Crippen LogP contribution is -1.95. The fourth-order valence-electron chi connectivity index (χ4n) is 14.0. The molecule has 2 aliphatic rings. The largest absolute Gasteiger partial charge is 0.454 e. The summed E-state index contributed by atoms with van der Waals surface area (Å²) in [7, 11) is 0. The summed E-state index contributed by atoms with van der Waals surface area (Å²) in [4.78, 5) is 0. The van der Waals surface area contributed by atoms with Gasteiger partial charge in [-0.3, -0.25) is 0 Å². The Morgan fingerprint density at radius 2 is 0.833 bits per heavy atom. The summed E-state index contributed by atoms with van der Waals surface area (Å²) in [6, 6.07) is 77.6. The molecule has 0 saturated carbocycles. The van der Waals surface area contributed by atoms with Gasteiger partial charge in [0.15, 0.2) is 11.2 Å². The van der Waals surface area contributed by atoms with Gasteiger partial charge in [0.1, 0.15) is 16.9 Å². The van der Waals surface area contributed by atoms with Gasteiger partial charge in [-0.2, -0.15) is 0 Å². The van der Waals surface area contributed by atoms with Crippen LogP contribution < -0.4 is 0 Å². The number of hydrogen-bond acceptors (Lipinski definition) is 2. The second-order valence-electron chi connectivity index (χ2n) is 21.5. The molecule has 5 heterocycles. The number of furan rings is 2. The van der Waals surface area contributed by atoms with Gasteiger partial charge in [-0.05, 0) is 153 Å². The van der Waals surface area contributed by atoms with E-state index < -0.39 is 0 Å². The Kier molecular flexibility index (Phi) is 7.73. The van der Waals surface area contributed by atoms with Gasteiger partial charge in [-0.1, -0.05) is 140 Å². The molecule has 5 aromatic heterocycles. The number of para-hydroxylation sites is 4. The molecule has 5 heteroatoms. The summed E-state index contributed by atoms with van der Waals surface area (Å²) >= 11 is 0. The molecular weight excluding hydrogens is 951 g/mol. The van der Waals surface area contributed by atoms with Crippen LogP contribution in [-0.2, 0) is 0 Å². The molecule has 0 unspecified atom stereocenters. The maximum atomic E-state index is 7.23. The Morgan fingerprint density at radius 3 is 1.45 bits per heavy atom. The molecule has 2 radical (unpaired) electrons. The minimum Gasteiger partial charge on any atom is -0.454 e. The monoisotopic (exact) mass is 991 g/mol. The number of nitrogens with zero attached hydrogens (tertiary/aromatic N) is 3. The molecule has 0 bridgehead atoms. The normalized spacial score (nSPS) is 13.4. The van der Waals surface area contributed by atoms with E-state index in [1.807, 2.05) is 0 Å². The first-order valence-electron chi connectivity index (χ1n) is 26.9. The Labute approximate surface area is 445 Å². The number of hydrogen-bond donors (Lipinski definition) is 0. The zero-order chi connectivity index (χ0) is 50.6. The Balaban J connectivity index is 0.884. The average molecular weight is 992 g/mol. The fourth-order valence-corrected chi connectivity index (χ4v) is 14.0. The maximum Gasteiger partial charge on any atom is 0.163 e. The van der Waals surface area contributed by atoms with Crippen molar-refractivity contribution in [1.82, 2.24) is 13.7 Å². The van der Waals surface area contributed by atoms with Crippen LogP contribution in [0.25, 0.3) is 165 Å². The van der Waals surface area contributed by atoms with Crippen LogP contribution in [0.1, 0.15) is 28.7 Å². The second-order valence-corrected chi connectivity index (χ2v) is 21.5. The Morgan fingerprint density at radius 1 is 0.333 bits per heavy atom. The highest BCUT2D eigenvalue weighted by molar-refractivity contribution is 6.30. The fraction of sp³-hybridized carbons (Fsp3) is 0.0137. The highest BCUT2D eigenvalue weighted by atomic mass is 16.3. The smallest absolute Gasteiger partial charge is 0.163 e. The standard InChI is InChI=1S/C73H41N3O2/c1-40-44(46-15-3-2-14-45(46)41-26-27-41)30-32-64-68(40)52-20-8-12-24-62(52)74(64)42-28-34-66-55(36-42)58-39-59-56-37-43(29-35-67(56)78-73(59)71(72(58)77-66)76-60-22-10-6-18-49(60)50-19-7-11-23-61(50)76)75-63-25-13-9-21-53(63)70-65(75)33-31-51-47-16-4-5-17-48(47)54-38-57(54)69(51)70/h2-26,28-39H,1,27H2. The van der Waals surface area contributed by atoms with Gasteiger partial charge in [0, 0.05) is 71.7 Å². The summed E-state index contributed by atoms with van der Waals surface area (Å²) in [6.45, 7) is 4.83. The molecule has 78 heavy (non-hydrogen) atoms. The summed E-state index contributed by atoms with van der Waals surface area (Å²) < 4.78 is 21.7. The van der Waals surface area contributed by atoms with E-state index in [9.17, 15) is 0 Å². The lowest BCUT2D eigenvalue weighted by atomic mass is 9.92. The number of rotatable bonds is 5. The van der Waals surface area contributed by atoms with Crippen molar-refractivity contribution in [3.63, 3.8) is 0 Å². The minimum atomic E-state index is 0.774. The highest BCUT2D eigenvalue weighted by Gasteiger charge is 2.30. The number of aromatic nitrogens is 3. The quantitative estimate of drug-likeness (QED) is 0.161. The van der Waals surface area contributed by atoms with Gasteiger partial charge in [0.2, 0.25) is 0 Å². The van der Waals surface area contributed by atoms with Crippen molar-refractivity contribution in [3.8, 4) is 28.2 Å². The molecule has 0 aliphatic heterocycles. The number of allylic oxidation sites excluding steroid dienone is 2. The molecule has 12 aromatic carbocycles. The van der Waals surface area contributed by atoms with Gasteiger partial charge in [-0.25, -0.2) is 0 Å². The van der Waals surface area contributed by atoms with Crippen LogP contribution >= 0.6 is 0 Å². The molecule has 2 aliphatic carbocycles. The molecule has 0 N–H and O–H groups in total. The van der Waals surface area contributed by atoms with Crippen molar-refractivity contribution < 1.29 is 8.83 Å². The lowest BCUT2D eigenvalue weighted by Gasteiger charge is -2.13. The zero-order valence-electron chi connectivity index (χ0n) is 41.9. The van der Waals surface area contributed by atoms with Gasteiger partial charge >= 0.3 is 0 Å². The van der Waals surface area contributed by atoms with Gasteiger partial charge in [0.05, 0.1) is 33.1 Å². The van der Waals surface area contributed by atoms with E-state index in [1.54, 1.807) is 0 Å². The third-order valence-electron chi connectivity index (χ3n) is 17.5. The van der Waals surface area contributed by atoms with E-state index in [0.717, 1.165) is 100 Å². The van der Waals surface area contributed by atoms with Crippen molar-refractivity contribution >= 4 is 136 Å². The molecule has 0 atom stereocenters. The molecule has 19 rings (SSSR count). The SMILES string of the molecule is [CH2]c1c(-c2ccccc2C2=CC2)ccc2c1c1ccccc1n2-c1ccc2oc3c(-n4c5ccccc5c5ccccc54)c4oc5ccc(-n6c7ccccc7c7c8c9c(c%10ccccc%10c8ccc76)[CH]9)cc5c4cc3c2c1. The Hall–Kier alpha value is -10.1. The van der Waals surface area contributed by atoms with E-state index in [2.05, 4.69) is 239 Å². The van der Waals surface area contributed by atoms with E-state index in [1.165, 1.54) is 92.9 Å². The van der Waals surface area contributed by atoms with Crippen LogP contribution in [0.4, 0.5) is 0 Å².